The maximum absolute atomic E-state index is 11.3. The number of nitrogens with zero attached hydrogens (tertiary/aromatic N) is 1. The summed E-state index contributed by atoms with van der Waals surface area (Å²) < 4.78 is 23.8. The number of hydrogen-bond acceptors (Lipinski definition) is 2. The predicted molar refractivity (Wildman–Crippen MR) is 53.4 cm³/mol. The summed E-state index contributed by atoms with van der Waals surface area (Å²) in [4.78, 5) is 0. The van der Waals surface area contributed by atoms with Gasteiger partial charge in [-0.1, -0.05) is 28.8 Å². The van der Waals surface area contributed by atoms with Crippen LogP contribution in [0.2, 0.25) is 0 Å². The molecule has 0 N–H and O–H groups in total. The predicted octanol–water partition coefficient (Wildman–Crippen LogP) is 1.01. The fraction of sp³-hybridized carbons (Fsp3) is 0.714. The molecule has 0 saturated heterocycles. The van der Waals surface area contributed by atoms with Gasteiger partial charge in [-0.15, -0.1) is 6.42 Å². The van der Waals surface area contributed by atoms with Crippen LogP contribution in [-0.4, -0.2) is 30.5 Å². The highest BCUT2D eigenvalue weighted by atomic mass is 79.9. The van der Waals surface area contributed by atoms with Crippen molar-refractivity contribution in [1.29, 1.82) is 0 Å². The summed E-state index contributed by atoms with van der Waals surface area (Å²) in [6, 6.07) is 0. The van der Waals surface area contributed by atoms with E-state index in [2.05, 4.69) is 21.9 Å². The highest BCUT2D eigenvalue weighted by Gasteiger charge is 2.17. The van der Waals surface area contributed by atoms with E-state index in [4.69, 9.17) is 6.42 Å². The summed E-state index contributed by atoms with van der Waals surface area (Å²) in [7, 11) is -3.18. The monoisotopic (exact) mass is 253 g/mol. The van der Waals surface area contributed by atoms with Gasteiger partial charge in [0.15, 0.2) is 0 Å². The quantitative estimate of drug-likeness (QED) is 0.542. The Bertz CT molecular complexity index is 255. The minimum absolute atomic E-state index is 0.0678. The third-order valence-corrected chi connectivity index (χ3v) is 4.38. The molecule has 0 aromatic rings. The van der Waals surface area contributed by atoms with Crippen LogP contribution in [0, 0.1) is 12.3 Å². The summed E-state index contributed by atoms with van der Waals surface area (Å²) >= 11 is 2.91. The van der Waals surface area contributed by atoms with E-state index in [1.54, 1.807) is 0 Å². The van der Waals surface area contributed by atoms with Crippen molar-refractivity contribution in [2.24, 2.45) is 0 Å². The van der Waals surface area contributed by atoms with Gasteiger partial charge in [-0.25, -0.2) is 8.42 Å². The van der Waals surface area contributed by atoms with Crippen LogP contribution in [0.1, 0.15) is 13.3 Å². The largest absolute Gasteiger partial charge is 0.225 e. The first-order valence-electron chi connectivity index (χ1n) is 3.55. The summed E-state index contributed by atoms with van der Waals surface area (Å²) in [5, 5.41) is 0. The molecule has 70 valence electrons. The van der Waals surface area contributed by atoms with E-state index in [1.165, 1.54) is 4.31 Å². The van der Waals surface area contributed by atoms with E-state index in [9.17, 15) is 8.42 Å². The SMILES string of the molecule is C#CCN(CCC)S(=O)(=O)CBr. The van der Waals surface area contributed by atoms with Gasteiger partial charge >= 0.3 is 0 Å². The lowest BCUT2D eigenvalue weighted by Crippen LogP contribution is -2.32. The zero-order valence-electron chi connectivity index (χ0n) is 6.96. The molecular weight excluding hydrogens is 242 g/mol. The number of hydrogen-bond donors (Lipinski definition) is 0. The molecule has 0 aromatic carbocycles. The van der Waals surface area contributed by atoms with Crippen molar-refractivity contribution in [3.63, 3.8) is 0 Å². The van der Waals surface area contributed by atoms with Gasteiger partial charge in [-0.2, -0.15) is 4.31 Å². The van der Waals surface area contributed by atoms with Crippen molar-refractivity contribution in [1.82, 2.24) is 4.31 Å². The topological polar surface area (TPSA) is 37.4 Å². The van der Waals surface area contributed by atoms with Gasteiger partial charge < -0.3 is 0 Å². The van der Waals surface area contributed by atoms with E-state index in [0.717, 1.165) is 6.42 Å². The Morgan fingerprint density at radius 1 is 1.58 bits per heavy atom. The van der Waals surface area contributed by atoms with Crippen LogP contribution in [0.25, 0.3) is 0 Å². The Balaban J connectivity index is 4.41. The second-order valence-electron chi connectivity index (χ2n) is 2.26. The molecule has 3 nitrogen and oxygen atoms in total. The van der Waals surface area contributed by atoms with Gasteiger partial charge in [0.25, 0.3) is 0 Å². The second kappa shape index (κ2) is 5.57. The van der Waals surface area contributed by atoms with Crippen molar-refractivity contribution in [2.45, 2.75) is 13.3 Å². The normalized spacial score (nSPS) is 11.5. The summed E-state index contributed by atoms with van der Waals surface area (Å²) in [5.41, 5.74) is 0. The van der Waals surface area contributed by atoms with Crippen LogP contribution in [0.5, 0.6) is 0 Å². The third-order valence-electron chi connectivity index (χ3n) is 1.27. The smallest absolute Gasteiger partial charge is 0.211 e. The lowest BCUT2D eigenvalue weighted by molar-refractivity contribution is 0.449. The maximum Gasteiger partial charge on any atom is 0.225 e. The molecule has 0 aliphatic carbocycles. The molecule has 0 unspecified atom stereocenters. The van der Waals surface area contributed by atoms with Crippen molar-refractivity contribution in [2.75, 3.05) is 17.8 Å². The standard InChI is InChI=1S/C7H12BrNO2S/c1-3-5-9(6-4-2)12(10,11)7-8/h1H,4-7H2,2H3. The Hall–Kier alpha value is -0.0500. The molecule has 0 fully saturated rings. The average molecular weight is 254 g/mol. The van der Waals surface area contributed by atoms with Gasteiger partial charge in [0.1, 0.15) is 4.66 Å². The fourth-order valence-corrected chi connectivity index (χ4v) is 2.48. The van der Waals surface area contributed by atoms with Crippen molar-refractivity contribution in [3.05, 3.63) is 0 Å². The van der Waals surface area contributed by atoms with Crippen LogP contribution >= 0.6 is 15.9 Å². The van der Waals surface area contributed by atoms with Gasteiger partial charge in [-0.3, -0.25) is 0 Å². The molecule has 5 heteroatoms. The number of sulfonamides is 1. The van der Waals surface area contributed by atoms with Crippen LogP contribution in [0.15, 0.2) is 0 Å². The van der Waals surface area contributed by atoms with Gasteiger partial charge in [0.2, 0.25) is 10.0 Å². The van der Waals surface area contributed by atoms with Gasteiger partial charge in [0.05, 0.1) is 6.54 Å². The number of terminal acetylenes is 1. The molecule has 0 heterocycles. The summed E-state index contributed by atoms with van der Waals surface area (Å²) in [6.45, 7) is 2.55. The molecule has 0 saturated carbocycles. The van der Waals surface area contributed by atoms with Crippen LogP contribution in [0.3, 0.4) is 0 Å². The Labute approximate surface area is 82.3 Å². The molecule has 0 radical (unpaired) electrons. The van der Waals surface area contributed by atoms with Gasteiger partial charge in [-0.05, 0) is 6.42 Å². The minimum Gasteiger partial charge on any atom is -0.211 e. The molecule has 0 aromatic heterocycles. The Morgan fingerprint density at radius 2 is 2.17 bits per heavy atom. The zero-order chi connectivity index (χ0) is 9.61. The van der Waals surface area contributed by atoms with E-state index in [0.29, 0.717) is 6.54 Å². The lowest BCUT2D eigenvalue weighted by atomic mass is 10.5. The Morgan fingerprint density at radius 3 is 2.50 bits per heavy atom. The number of alkyl halides is 1. The number of halogens is 1. The summed E-state index contributed by atoms with van der Waals surface area (Å²) in [6.07, 6.45) is 5.81. The minimum atomic E-state index is -3.18. The molecule has 0 aliphatic rings. The lowest BCUT2D eigenvalue weighted by Gasteiger charge is -2.16. The highest BCUT2D eigenvalue weighted by Crippen LogP contribution is 2.04. The fourth-order valence-electron chi connectivity index (χ4n) is 0.737. The van der Waals surface area contributed by atoms with E-state index in [1.807, 2.05) is 6.92 Å². The average Bonchev–Trinajstić information content (AvgIpc) is 2.04. The van der Waals surface area contributed by atoms with Crippen molar-refractivity contribution >= 4 is 26.0 Å². The first-order chi connectivity index (χ1) is 5.58. The first-order valence-corrected chi connectivity index (χ1v) is 6.28. The van der Waals surface area contributed by atoms with Crippen molar-refractivity contribution < 1.29 is 8.42 Å². The van der Waals surface area contributed by atoms with E-state index >= 15 is 0 Å². The second-order valence-corrected chi connectivity index (χ2v) is 5.53. The Kier molecular flexibility index (Phi) is 5.55. The molecule has 0 rings (SSSR count). The molecule has 0 bridgehead atoms. The third kappa shape index (κ3) is 3.57. The van der Waals surface area contributed by atoms with Gasteiger partial charge in [0, 0.05) is 6.54 Å². The van der Waals surface area contributed by atoms with Crippen LogP contribution in [0.4, 0.5) is 0 Å². The zero-order valence-corrected chi connectivity index (χ0v) is 9.36. The molecule has 12 heavy (non-hydrogen) atoms. The van der Waals surface area contributed by atoms with E-state index < -0.39 is 10.0 Å². The van der Waals surface area contributed by atoms with Crippen molar-refractivity contribution in [3.8, 4) is 12.3 Å². The highest BCUT2D eigenvalue weighted by molar-refractivity contribution is 9.10. The molecular formula is C7H12BrNO2S. The molecule has 0 spiro atoms. The van der Waals surface area contributed by atoms with Crippen LogP contribution in [-0.2, 0) is 10.0 Å². The first kappa shape index (κ1) is 11.9. The molecule has 0 atom stereocenters. The number of rotatable bonds is 5. The van der Waals surface area contributed by atoms with E-state index in [-0.39, 0.29) is 11.2 Å². The maximum atomic E-state index is 11.3. The molecule has 0 amide bonds. The van der Waals surface area contributed by atoms with Crippen LogP contribution < -0.4 is 0 Å². The summed E-state index contributed by atoms with van der Waals surface area (Å²) in [5.74, 6) is 2.32. The molecule has 0 aliphatic heterocycles.